The Morgan fingerprint density at radius 2 is 1.90 bits per heavy atom. The summed E-state index contributed by atoms with van der Waals surface area (Å²) in [5.41, 5.74) is 2.27. The fourth-order valence-corrected chi connectivity index (χ4v) is 3.21. The normalized spacial score (nSPS) is 10.9. The number of nitrogens with zero attached hydrogens (tertiary/aromatic N) is 2. The Morgan fingerprint density at radius 1 is 1.16 bits per heavy atom. The van der Waals surface area contributed by atoms with Crippen molar-refractivity contribution in [3.05, 3.63) is 98.8 Å². The molecule has 0 saturated carbocycles. The van der Waals surface area contributed by atoms with Crippen molar-refractivity contribution in [1.29, 1.82) is 0 Å². The lowest BCUT2D eigenvalue weighted by atomic mass is 10.0. The minimum absolute atomic E-state index is 0.0966. The number of anilines is 1. The zero-order valence-electron chi connectivity index (χ0n) is 16.3. The molecule has 0 atom stereocenters. The maximum atomic E-state index is 13.6. The summed E-state index contributed by atoms with van der Waals surface area (Å²) in [6, 6.07) is 10.1. The van der Waals surface area contributed by atoms with Crippen LogP contribution in [0.1, 0.15) is 37.4 Å². The number of H-pyrrole nitrogens is 1. The maximum Gasteiger partial charge on any atom is 0.335 e. The van der Waals surface area contributed by atoms with Crippen molar-refractivity contribution in [3.8, 4) is 0 Å². The molecule has 0 aliphatic heterocycles. The summed E-state index contributed by atoms with van der Waals surface area (Å²) in [6.07, 6.45) is 2.95. The van der Waals surface area contributed by atoms with E-state index in [-0.39, 0.29) is 29.0 Å². The lowest BCUT2D eigenvalue weighted by molar-refractivity contribution is 0.0696. The number of halogens is 1. The zero-order valence-corrected chi connectivity index (χ0v) is 16.3. The second kappa shape index (κ2) is 7.86. The predicted molar refractivity (Wildman–Crippen MR) is 111 cm³/mol. The standard InChI is InChI=1S/C22H17FN4O4/c1-12-2-5-16(23)9-14(12)8-15-10-24-19-18(11-25-27(19)21(15)29)20(28)26-17-6-3-13(4-7-17)22(30)31/h2-7,9-11,25H,8H2,1H3,(H,26,28)(H,30,31). The highest BCUT2D eigenvalue weighted by Gasteiger charge is 2.17. The summed E-state index contributed by atoms with van der Waals surface area (Å²) in [5, 5.41) is 14.3. The predicted octanol–water partition coefficient (Wildman–Crippen LogP) is 3.01. The first kappa shape index (κ1) is 20.0. The topological polar surface area (TPSA) is 117 Å². The minimum atomic E-state index is -1.07. The molecule has 2 aromatic heterocycles. The van der Waals surface area contributed by atoms with E-state index in [0.717, 1.165) is 10.1 Å². The first-order valence-corrected chi connectivity index (χ1v) is 9.31. The smallest absolute Gasteiger partial charge is 0.335 e. The summed E-state index contributed by atoms with van der Waals surface area (Å²) in [4.78, 5) is 40.6. The van der Waals surface area contributed by atoms with Crippen LogP contribution in [0.25, 0.3) is 5.65 Å². The number of carbonyl (C=O) groups excluding carboxylic acids is 1. The second-order valence-corrected chi connectivity index (χ2v) is 7.02. The third kappa shape index (κ3) is 3.93. The Labute approximate surface area is 175 Å². The van der Waals surface area contributed by atoms with Crippen molar-refractivity contribution >= 4 is 23.2 Å². The molecule has 1 amide bonds. The fourth-order valence-electron chi connectivity index (χ4n) is 3.21. The van der Waals surface area contributed by atoms with Gasteiger partial charge in [-0.25, -0.2) is 18.7 Å². The Balaban J connectivity index is 1.61. The van der Waals surface area contributed by atoms with Gasteiger partial charge in [0.15, 0.2) is 5.65 Å². The van der Waals surface area contributed by atoms with Gasteiger partial charge in [0.1, 0.15) is 11.4 Å². The SMILES string of the molecule is Cc1ccc(F)cc1Cc1cnc2c(C(=O)Nc3ccc(C(=O)O)cc3)c[nH]n2c1=O. The van der Waals surface area contributed by atoms with Crippen LogP contribution in [-0.4, -0.2) is 31.6 Å². The number of aromatic nitrogens is 3. The Morgan fingerprint density at radius 3 is 2.61 bits per heavy atom. The van der Waals surface area contributed by atoms with E-state index in [4.69, 9.17) is 5.11 Å². The minimum Gasteiger partial charge on any atom is -0.478 e. The highest BCUT2D eigenvalue weighted by Crippen LogP contribution is 2.16. The van der Waals surface area contributed by atoms with Crippen LogP contribution in [0.15, 0.2) is 59.7 Å². The van der Waals surface area contributed by atoms with Gasteiger partial charge in [0.2, 0.25) is 0 Å². The monoisotopic (exact) mass is 420 g/mol. The van der Waals surface area contributed by atoms with Crippen molar-refractivity contribution < 1.29 is 19.1 Å². The molecule has 0 saturated heterocycles. The number of aromatic carboxylic acids is 1. The largest absolute Gasteiger partial charge is 0.478 e. The van der Waals surface area contributed by atoms with Gasteiger partial charge in [-0.1, -0.05) is 6.07 Å². The summed E-state index contributed by atoms with van der Waals surface area (Å²) in [7, 11) is 0. The van der Waals surface area contributed by atoms with Crippen molar-refractivity contribution in [2.75, 3.05) is 5.32 Å². The van der Waals surface area contributed by atoms with Gasteiger partial charge in [-0.2, -0.15) is 0 Å². The highest BCUT2D eigenvalue weighted by atomic mass is 19.1. The molecule has 0 fully saturated rings. The molecular weight excluding hydrogens is 403 g/mol. The van der Waals surface area contributed by atoms with Crippen molar-refractivity contribution in [1.82, 2.24) is 14.6 Å². The molecule has 2 aromatic carbocycles. The molecule has 9 heteroatoms. The molecule has 0 spiro atoms. The van der Waals surface area contributed by atoms with Crippen molar-refractivity contribution in [2.45, 2.75) is 13.3 Å². The fraction of sp³-hybridized carbons (Fsp3) is 0.0909. The van der Waals surface area contributed by atoms with Crippen LogP contribution in [0.3, 0.4) is 0 Å². The molecule has 8 nitrogen and oxygen atoms in total. The maximum absolute atomic E-state index is 13.6. The number of benzene rings is 2. The van der Waals surface area contributed by atoms with Gasteiger partial charge in [0.05, 0.1) is 5.56 Å². The summed E-state index contributed by atoms with van der Waals surface area (Å²) in [6.45, 7) is 1.83. The summed E-state index contributed by atoms with van der Waals surface area (Å²) < 4.78 is 14.7. The van der Waals surface area contributed by atoms with Crippen molar-refractivity contribution in [3.63, 3.8) is 0 Å². The molecule has 0 radical (unpaired) electrons. The van der Waals surface area contributed by atoms with E-state index in [9.17, 15) is 18.8 Å². The van der Waals surface area contributed by atoms with Gasteiger partial charge in [-0.05, 0) is 54.4 Å². The van der Waals surface area contributed by atoms with Gasteiger partial charge in [-0.15, -0.1) is 0 Å². The van der Waals surface area contributed by atoms with Gasteiger partial charge in [0, 0.05) is 30.1 Å². The first-order chi connectivity index (χ1) is 14.8. The van der Waals surface area contributed by atoms with Crippen LogP contribution in [0.4, 0.5) is 10.1 Å². The number of fused-ring (bicyclic) bond motifs is 1. The second-order valence-electron chi connectivity index (χ2n) is 7.02. The highest BCUT2D eigenvalue weighted by molar-refractivity contribution is 6.08. The van der Waals surface area contributed by atoms with Crippen LogP contribution in [0.5, 0.6) is 0 Å². The lowest BCUT2D eigenvalue weighted by Gasteiger charge is -2.07. The number of carboxylic acid groups (broad SMARTS) is 1. The average molecular weight is 420 g/mol. The Hall–Kier alpha value is -4.27. The van der Waals surface area contributed by atoms with E-state index in [0.29, 0.717) is 16.8 Å². The number of carbonyl (C=O) groups is 2. The number of amides is 1. The Kier molecular flexibility index (Phi) is 5.08. The molecule has 2 heterocycles. The third-order valence-electron chi connectivity index (χ3n) is 4.94. The number of aryl methyl sites for hydroxylation is 1. The quantitative estimate of drug-likeness (QED) is 0.459. The van der Waals surface area contributed by atoms with Crippen molar-refractivity contribution in [2.24, 2.45) is 0 Å². The third-order valence-corrected chi connectivity index (χ3v) is 4.94. The molecule has 31 heavy (non-hydrogen) atoms. The van der Waals surface area contributed by atoms with E-state index in [1.165, 1.54) is 48.8 Å². The molecule has 156 valence electrons. The van der Waals surface area contributed by atoms with Crippen LogP contribution in [-0.2, 0) is 6.42 Å². The summed E-state index contributed by atoms with van der Waals surface area (Å²) >= 11 is 0. The molecule has 4 aromatic rings. The molecule has 0 aliphatic carbocycles. The van der Waals surface area contributed by atoms with Gasteiger partial charge in [-0.3, -0.25) is 14.7 Å². The van der Waals surface area contributed by atoms with E-state index in [2.05, 4.69) is 15.4 Å². The average Bonchev–Trinajstić information content (AvgIpc) is 3.18. The van der Waals surface area contributed by atoms with Gasteiger partial charge >= 0.3 is 5.97 Å². The van der Waals surface area contributed by atoms with E-state index < -0.39 is 17.4 Å². The van der Waals surface area contributed by atoms with Crippen LogP contribution < -0.4 is 10.9 Å². The number of aromatic amines is 1. The van der Waals surface area contributed by atoms with E-state index in [1.807, 2.05) is 6.92 Å². The molecule has 0 unspecified atom stereocenters. The number of carboxylic acids is 1. The zero-order chi connectivity index (χ0) is 22.1. The van der Waals surface area contributed by atoms with Gasteiger partial charge < -0.3 is 10.4 Å². The summed E-state index contributed by atoms with van der Waals surface area (Å²) in [5.74, 6) is -1.96. The lowest BCUT2D eigenvalue weighted by Crippen LogP contribution is -2.21. The van der Waals surface area contributed by atoms with Crippen LogP contribution >= 0.6 is 0 Å². The molecule has 4 rings (SSSR count). The van der Waals surface area contributed by atoms with E-state index >= 15 is 0 Å². The Bertz CT molecular complexity index is 1370. The first-order valence-electron chi connectivity index (χ1n) is 9.31. The van der Waals surface area contributed by atoms with Gasteiger partial charge in [0.25, 0.3) is 11.5 Å². The van der Waals surface area contributed by atoms with E-state index in [1.54, 1.807) is 6.07 Å². The number of rotatable bonds is 5. The number of hydrogen-bond acceptors (Lipinski definition) is 4. The number of nitrogens with one attached hydrogen (secondary N) is 2. The molecule has 3 N–H and O–H groups in total. The molecular formula is C22H17FN4O4. The molecule has 0 bridgehead atoms. The van der Waals surface area contributed by atoms with Crippen LogP contribution in [0.2, 0.25) is 0 Å². The number of hydrogen-bond donors (Lipinski definition) is 3. The van der Waals surface area contributed by atoms with Crippen LogP contribution in [0, 0.1) is 12.7 Å². The molecule has 0 aliphatic rings.